The van der Waals surface area contributed by atoms with Crippen molar-refractivity contribution in [3.05, 3.63) is 42.7 Å². The third-order valence-corrected chi connectivity index (χ3v) is 5.17. The van der Waals surface area contributed by atoms with E-state index in [9.17, 15) is 13.2 Å². The van der Waals surface area contributed by atoms with Crippen molar-refractivity contribution in [3.8, 4) is 11.5 Å². The quantitative estimate of drug-likeness (QED) is 0.796. The molecule has 1 aromatic carbocycles. The normalized spacial score (nSPS) is 11.2. The maximum Gasteiger partial charge on any atom is 0.243 e. The molecule has 0 aliphatic rings. The Bertz CT molecular complexity index is 840. The van der Waals surface area contributed by atoms with Crippen molar-refractivity contribution in [2.45, 2.75) is 4.90 Å². The molecule has 0 unspecified atom stereocenters. The smallest absolute Gasteiger partial charge is 0.243 e. The van der Waals surface area contributed by atoms with Gasteiger partial charge in [-0.3, -0.25) is 9.78 Å². The monoisotopic (exact) mass is 365 g/mol. The number of rotatable bonds is 7. The number of sulfonamides is 1. The zero-order valence-corrected chi connectivity index (χ0v) is 14.9. The molecular formula is C16H19N3O5S. The lowest BCUT2D eigenvalue weighted by Crippen LogP contribution is -2.35. The van der Waals surface area contributed by atoms with Gasteiger partial charge >= 0.3 is 0 Å². The van der Waals surface area contributed by atoms with Gasteiger partial charge in [0.15, 0.2) is 11.5 Å². The van der Waals surface area contributed by atoms with Crippen LogP contribution in [0.5, 0.6) is 11.5 Å². The van der Waals surface area contributed by atoms with Gasteiger partial charge in [0.05, 0.1) is 37.5 Å². The first-order chi connectivity index (χ1) is 11.9. The number of nitrogens with zero attached hydrogens (tertiary/aromatic N) is 2. The summed E-state index contributed by atoms with van der Waals surface area (Å²) in [6.07, 6.45) is 3.05. The Morgan fingerprint density at radius 1 is 1.20 bits per heavy atom. The summed E-state index contributed by atoms with van der Waals surface area (Å²) < 4.78 is 36.4. The predicted octanol–water partition coefficient (Wildman–Crippen LogP) is 1.36. The fourth-order valence-corrected chi connectivity index (χ4v) is 3.22. The molecule has 25 heavy (non-hydrogen) atoms. The molecule has 2 rings (SSSR count). The Hall–Kier alpha value is -2.65. The van der Waals surface area contributed by atoms with Gasteiger partial charge in [0.2, 0.25) is 15.9 Å². The van der Waals surface area contributed by atoms with Crippen molar-refractivity contribution in [3.63, 3.8) is 0 Å². The van der Waals surface area contributed by atoms with E-state index in [0.29, 0.717) is 11.4 Å². The molecule has 0 saturated heterocycles. The van der Waals surface area contributed by atoms with Crippen LogP contribution in [0, 0.1) is 0 Å². The molecule has 9 heteroatoms. The van der Waals surface area contributed by atoms with E-state index < -0.39 is 15.9 Å². The molecule has 0 aliphatic heterocycles. The van der Waals surface area contributed by atoms with Crippen LogP contribution >= 0.6 is 0 Å². The standard InChI is InChI=1S/C16H19N3O5S/c1-19(11-16(20)18-12-5-4-8-17-10-12)25(21,22)13-6-7-14(23-2)15(9-13)24-3/h4-10H,11H2,1-3H3,(H,18,20). The number of likely N-dealkylation sites (N-methyl/N-ethyl adjacent to an activating group) is 1. The molecular weight excluding hydrogens is 346 g/mol. The van der Waals surface area contributed by atoms with Gasteiger partial charge in [0, 0.05) is 19.3 Å². The summed E-state index contributed by atoms with van der Waals surface area (Å²) in [6, 6.07) is 7.57. The number of hydrogen-bond donors (Lipinski definition) is 1. The summed E-state index contributed by atoms with van der Waals surface area (Å²) in [5.41, 5.74) is 0.490. The van der Waals surface area contributed by atoms with Gasteiger partial charge < -0.3 is 14.8 Å². The van der Waals surface area contributed by atoms with Gasteiger partial charge in [-0.05, 0) is 24.3 Å². The van der Waals surface area contributed by atoms with Crippen LogP contribution in [-0.2, 0) is 14.8 Å². The van der Waals surface area contributed by atoms with Crippen molar-refractivity contribution >= 4 is 21.6 Å². The lowest BCUT2D eigenvalue weighted by atomic mass is 10.3. The Labute approximate surface area is 146 Å². The van der Waals surface area contributed by atoms with Gasteiger partial charge in [0.25, 0.3) is 0 Å². The topological polar surface area (TPSA) is 97.8 Å². The van der Waals surface area contributed by atoms with Gasteiger partial charge in [0.1, 0.15) is 0 Å². The van der Waals surface area contributed by atoms with E-state index in [2.05, 4.69) is 10.3 Å². The molecule has 0 spiro atoms. The molecule has 1 aromatic heterocycles. The number of carbonyl (C=O) groups is 1. The molecule has 8 nitrogen and oxygen atoms in total. The highest BCUT2D eigenvalue weighted by Crippen LogP contribution is 2.30. The lowest BCUT2D eigenvalue weighted by molar-refractivity contribution is -0.116. The van der Waals surface area contributed by atoms with Crippen molar-refractivity contribution in [1.29, 1.82) is 0 Å². The number of amides is 1. The molecule has 0 saturated carbocycles. The number of nitrogens with one attached hydrogen (secondary N) is 1. The number of methoxy groups -OCH3 is 2. The fourth-order valence-electron chi connectivity index (χ4n) is 2.08. The highest BCUT2D eigenvalue weighted by molar-refractivity contribution is 7.89. The van der Waals surface area contributed by atoms with Gasteiger partial charge in [-0.2, -0.15) is 4.31 Å². The van der Waals surface area contributed by atoms with Gasteiger partial charge in [-0.1, -0.05) is 0 Å². The molecule has 1 N–H and O–H groups in total. The molecule has 2 aromatic rings. The number of hydrogen-bond acceptors (Lipinski definition) is 6. The van der Waals surface area contributed by atoms with Crippen molar-refractivity contribution in [2.75, 3.05) is 33.1 Å². The number of ether oxygens (including phenoxy) is 2. The SMILES string of the molecule is COc1ccc(S(=O)(=O)N(C)CC(=O)Nc2cccnc2)cc1OC. The first kappa shape index (κ1) is 18.7. The summed E-state index contributed by atoms with van der Waals surface area (Å²) >= 11 is 0. The second-order valence-electron chi connectivity index (χ2n) is 5.07. The summed E-state index contributed by atoms with van der Waals surface area (Å²) in [4.78, 5) is 15.9. The molecule has 134 valence electrons. The van der Waals surface area contributed by atoms with E-state index in [-0.39, 0.29) is 17.2 Å². The van der Waals surface area contributed by atoms with Crippen molar-refractivity contribution in [2.24, 2.45) is 0 Å². The predicted molar refractivity (Wildman–Crippen MR) is 92.2 cm³/mol. The van der Waals surface area contributed by atoms with E-state index in [0.717, 1.165) is 4.31 Å². The van der Waals surface area contributed by atoms with E-state index in [1.165, 1.54) is 45.7 Å². The summed E-state index contributed by atoms with van der Waals surface area (Å²) in [6.45, 7) is -0.342. The second kappa shape index (κ2) is 7.95. The lowest BCUT2D eigenvalue weighted by Gasteiger charge is -2.18. The molecule has 0 atom stereocenters. The van der Waals surface area contributed by atoms with Crippen LogP contribution in [0.25, 0.3) is 0 Å². The van der Waals surface area contributed by atoms with E-state index in [1.54, 1.807) is 18.3 Å². The molecule has 1 heterocycles. The number of anilines is 1. The zero-order valence-electron chi connectivity index (χ0n) is 14.1. The van der Waals surface area contributed by atoms with Crippen LogP contribution in [0.4, 0.5) is 5.69 Å². The number of carbonyl (C=O) groups excluding carboxylic acids is 1. The molecule has 0 bridgehead atoms. The summed E-state index contributed by atoms with van der Waals surface area (Å²) in [7, 11) is 0.341. The van der Waals surface area contributed by atoms with Crippen LogP contribution in [0.2, 0.25) is 0 Å². The summed E-state index contributed by atoms with van der Waals surface area (Å²) in [5.74, 6) is 0.231. The molecule has 0 aliphatic carbocycles. The van der Waals surface area contributed by atoms with E-state index in [4.69, 9.17) is 9.47 Å². The minimum absolute atomic E-state index is 0.00169. The third kappa shape index (κ3) is 4.46. The largest absolute Gasteiger partial charge is 0.493 e. The fraction of sp³-hybridized carbons (Fsp3) is 0.250. The number of pyridine rings is 1. The molecule has 1 amide bonds. The minimum Gasteiger partial charge on any atom is -0.493 e. The van der Waals surface area contributed by atoms with Crippen LogP contribution in [0.3, 0.4) is 0 Å². The van der Waals surface area contributed by atoms with Gasteiger partial charge in [-0.25, -0.2) is 8.42 Å². The Kier molecular flexibility index (Phi) is 5.94. The zero-order chi connectivity index (χ0) is 18.4. The van der Waals surface area contributed by atoms with Gasteiger partial charge in [-0.15, -0.1) is 0 Å². The molecule has 0 radical (unpaired) electrons. The van der Waals surface area contributed by atoms with E-state index in [1.807, 2.05) is 0 Å². The van der Waals surface area contributed by atoms with Crippen LogP contribution in [-0.4, -0.2) is 51.4 Å². The second-order valence-corrected chi connectivity index (χ2v) is 7.11. The minimum atomic E-state index is -3.86. The Balaban J connectivity index is 2.14. The van der Waals surface area contributed by atoms with Crippen LogP contribution in [0.1, 0.15) is 0 Å². The van der Waals surface area contributed by atoms with Crippen molar-refractivity contribution in [1.82, 2.24) is 9.29 Å². The Morgan fingerprint density at radius 2 is 1.92 bits per heavy atom. The van der Waals surface area contributed by atoms with E-state index >= 15 is 0 Å². The maximum absolute atomic E-state index is 12.6. The first-order valence-electron chi connectivity index (χ1n) is 7.26. The maximum atomic E-state index is 12.6. The highest BCUT2D eigenvalue weighted by atomic mass is 32.2. The first-order valence-corrected chi connectivity index (χ1v) is 8.70. The van der Waals surface area contributed by atoms with Crippen LogP contribution < -0.4 is 14.8 Å². The Morgan fingerprint density at radius 3 is 2.52 bits per heavy atom. The average Bonchev–Trinajstić information content (AvgIpc) is 2.61. The molecule has 0 fully saturated rings. The van der Waals surface area contributed by atoms with Crippen LogP contribution in [0.15, 0.2) is 47.6 Å². The van der Waals surface area contributed by atoms with Crippen molar-refractivity contribution < 1.29 is 22.7 Å². The number of benzene rings is 1. The highest BCUT2D eigenvalue weighted by Gasteiger charge is 2.24. The average molecular weight is 365 g/mol. The number of aromatic nitrogens is 1. The third-order valence-electron chi connectivity index (χ3n) is 3.37. The summed E-state index contributed by atoms with van der Waals surface area (Å²) in [5, 5.41) is 2.58.